The molecule has 0 N–H and O–H groups in total. The lowest BCUT2D eigenvalue weighted by molar-refractivity contribution is -0.115. The number of carbonyl (C=O) groups is 1. The molecule has 1 saturated heterocycles. The Hall–Kier alpha value is -0.530. The average Bonchev–Trinajstić information content (AvgIpc) is 2.53. The molecule has 2 rings (SSSR count). The SMILES string of the molecule is CC1(C2C(=O)N2C(C)(C)C)CCCC1. The van der Waals surface area contributed by atoms with Crippen molar-refractivity contribution in [3.8, 4) is 0 Å². The molecular formula is C12H21NO. The van der Waals surface area contributed by atoms with E-state index in [2.05, 4.69) is 32.6 Å². The van der Waals surface area contributed by atoms with E-state index in [0.717, 1.165) is 0 Å². The van der Waals surface area contributed by atoms with Crippen LogP contribution in [-0.4, -0.2) is 22.4 Å². The van der Waals surface area contributed by atoms with Gasteiger partial charge in [-0.2, -0.15) is 0 Å². The number of hydrogen-bond donors (Lipinski definition) is 0. The van der Waals surface area contributed by atoms with Crippen LogP contribution >= 0.6 is 0 Å². The summed E-state index contributed by atoms with van der Waals surface area (Å²) in [4.78, 5) is 13.9. The van der Waals surface area contributed by atoms with E-state index in [9.17, 15) is 4.79 Å². The van der Waals surface area contributed by atoms with E-state index in [0.29, 0.717) is 5.91 Å². The average molecular weight is 195 g/mol. The van der Waals surface area contributed by atoms with Crippen molar-refractivity contribution in [2.24, 2.45) is 5.41 Å². The highest BCUT2D eigenvalue weighted by Crippen LogP contribution is 2.50. The molecule has 0 spiro atoms. The number of amides is 1. The topological polar surface area (TPSA) is 20.1 Å². The monoisotopic (exact) mass is 195 g/mol. The fourth-order valence-electron chi connectivity index (χ4n) is 2.96. The van der Waals surface area contributed by atoms with Gasteiger partial charge in [-0.3, -0.25) is 4.79 Å². The van der Waals surface area contributed by atoms with Gasteiger partial charge in [0.2, 0.25) is 5.91 Å². The lowest BCUT2D eigenvalue weighted by atomic mass is 9.84. The Kier molecular flexibility index (Phi) is 1.96. The third kappa shape index (κ3) is 1.35. The van der Waals surface area contributed by atoms with Crippen LogP contribution in [0.3, 0.4) is 0 Å². The molecule has 2 aliphatic rings. The van der Waals surface area contributed by atoms with Crippen molar-refractivity contribution in [3.05, 3.63) is 0 Å². The van der Waals surface area contributed by atoms with E-state index in [1.807, 2.05) is 0 Å². The van der Waals surface area contributed by atoms with Gasteiger partial charge in [0.15, 0.2) is 0 Å². The third-order valence-electron chi connectivity index (χ3n) is 3.79. The van der Waals surface area contributed by atoms with Crippen molar-refractivity contribution in [1.29, 1.82) is 0 Å². The zero-order valence-electron chi connectivity index (χ0n) is 9.76. The molecule has 0 aromatic rings. The van der Waals surface area contributed by atoms with Crippen LogP contribution in [0.5, 0.6) is 0 Å². The summed E-state index contributed by atoms with van der Waals surface area (Å²) in [5, 5.41) is 0. The molecule has 1 aliphatic carbocycles. The van der Waals surface area contributed by atoms with E-state index in [1.54, 1.807) is 0 Å². The van der Waals surface area contributed by atoms with Crippen LogP contribution in [0.2, 0.25) is 0 Å². The zero-order chi connectivity index (χ0) is 10.6. The minimum absolute atomic E-state index is 0.0212. The van der Waals surface area contributed by atoms with E-state index in [4.69, 9.17) is 0 Å². The predicted molar refractivity (Wildman–Crippen MR) is 57.0 cm³/mol. The van der Waals surface area contributed by atoms with Crippen molar-refractivity contribution in [2.75, 3.05) is 0 Å². The van der Waals surface area contributed by atoms with Crippen LogP contribution in [0.15, 0.2) is 0 Å². The van der Waals surface area contributed by atoms with Gasteiger partial charge in [-0.15, -0.1) is 0 Å². The lowest BCUT2D eigenvalue weighted by Crippen LogP contribution is -2.32. The molecule has 1 amide bonds. The van der Waals surface area contributed by atoms with Gasteiger partial charge >= 0.3 is 0 Å². The molecule has 2 nitrogen and oxygen atoms in total. The lowest BCUT2D eigenvalue weighted by Gasteiger charge is -2.27. The summed E-state index contributed by atoms with van der Waals surface area (Å²) in [7, 11) is 0. The number of rotatable bonds is 1. The van der Waals surface area contributed by atoms with E-state index >= 15 is 0 Å². The molecule has 2 heteroatoms. The maximum atomic E-state index is 11.8. The second-order valence-corrected chi connectivity index (χ2v) is 6.14. The Morgan fingerprint density at radius 3 is 2.14 bits per heavy atom. The Bertz CT molecular complexity index is 258. The Balaban J connectivity index is 2.12. The molecule has 1 saturated carbocycles. The minimum atomic E-state index is 0.0212. The number of hydrogen-bond acceptors (Lipinski definition) is 1. The highest BCUT2D eigenvalue weighted by molar-refractivity contribution is 5.98. The Morgan fingerprint density at radius 2 is 1.79 bits per heavy atom. The largest absolute Gasteiger partial charge is 0.323 e. The van der Waals surface area contributed by atoms with Crippen LogP contribution in [0.4, 0.5) is 0 Å². The van der Waals surface area contributed by atoms with Gasteiger partial charge in [-0.05, 0) is 39.0 Å². The molecule has 0 aromatic carbocycles. The smallest absolute Gasteiger partial charge is 0.247 e. The summed E-state index contributed by atoms with van der Waals surface area (Å²) in [6, 6.07) is 0.227. The maximum absolute atomic E-state index is 11.8. The second-order valence-electron chi connectivity index (χ2n) is 6.14. The summed E-state index contributed by atoms with van der Waals surface area (Å²) >= 11 is 0. The van der Waals surface area contributed by atoms with Crippen molar-refractivity contribution in [1.82, 2.24) is 4.90 Å². The molecular weight excluding hydrogens is 174 g/mol. The summed E-state index contributed by atoms with van der Waals surface area (Å²) in [6.45, 7) is 8.67. The van der Waals surface area contributed by atoms with Gasteiger partial charge in [-0.25, -0.2) is 0 Å². The molecule has 0 bridgehead atoms. The standard InChI is InChI=1S/C12H21NO/c1-11(2,3)13-9(10(13)14)12(4)7-5-6-8-12/h9H,5-8H2,1-4H3. The molecule has 14 heavy (non-hydrogen) atoms. The first-order valence-corrected chi connectivity index (χ1v) is 5.69. The Morgan fingerprint density at radius 1 is 1.29 bits per heavy atom. The van der Waals surface area contributed by atoms with E-state index in [-0.39, 0.29) is 17.0 Å². The van der Waals surface area contributed by atoms with Crippen molar-refractivity contribution >= 4 is 5.91 Å². The maximum Gasteiger partial charge on any atom is 0.247 e. The highest BCUT2D eigenvalue weighted by atomic mass is 16.2. The molecule has 80 valence electrons. The van der Waals surface area contributed by atoms with Gasteiger partial charge < -0.3 is 4.90 Å². The van der Waals surface area contributed by atoms with E-state index in [1.165, 1.54) is 25.7 Å². The van der Waals surface area contributed by atoms with Crippen LogP contribution in [-0.2, 0) is 4.79 Å². The van der Waals surface area contributed by atoms with Crippen LogP contribution < -0.4 is 0 Å². The fourth-order valence-corrected chi connectivity index (χ4v) is 2.96. The molecule has 1 atom stereocenters. The van der Waals surface area contributed by atoms with Gasteiger partial charge in [0.1, 0.15) is 6.04 Å². The minimum Gasteiger partial charge on any atom is -0.323 e. The summed E-state index contributed by atoms with van der Waals surface area (Å²) in [6.07, 6.45) is 5.07. The quantitative estimate of drug-likeness (QED) is 0.589. The number of carbonyl (C=O) groups excluding carboxylic acids is 1. The Labute approximate surface area is 86.7 Å². The zero-order valence-corrected chi connectivity index (χ0v) is 9.76. The van der Waals surface area contributed by atoms with Crippen LogP contribution in [0.25, 0.3) is 0 Å². The molecule has 1 aliphatic heterocycles. The predicted octanol–water partition coefficient (Wildman–Crippen LogP) is 2.58. The third-order valence-corrected chi connectivity index (χ3v) is 3.79. The fraction of sp³-hybridized carbons (Fsp3) is 0.917. The van der Waals surface area contributed by atoms with Crippen molar-refractivity contribution < 1.29 is 4.79 Å². The van der Waals surface area contributed by atoms with Gasteiger partial charge in [0.25, 0.3) is 0 Å². The first kappa shape index (κ1) is 10.0. The molecule has 2 fully saturated rings. The summed E-state index contributed by atoms with van der Waals surface area (Å²) in [5.74, 6) is 0.377. The summed E-state index contributed by atoms with van der Waals surface area (Å²) < 4.78 is 0. The van der Waals surface area contributed by atoms with Crippen molar-refractivity contribution in [2.45, 2.75) is 65.0 Å². The first-order chi connectivity index (χ1) is 6.36. The van der Waals surface area contributed by atoms with Gasteiger partial charge in [0.05, 0.1) is 0 Å². The second kappa shape index (κ2) is 2.74. The number of nitrogens with zero attached hydrogens (tertiary/aromatic N) is 1. The molecule has 0 radical (unpaired) electrons. The molecule has 0 aromatic heterocycles. The normalized spacial score (nSPS) is 31.0. The highest BCUT2D eigenvalue weighted by Gasteiger charge is 2.60. The van der Waals surface area contributed by atoms with Gasteiger partial charge in [0, 0.05) is 5.54 Å². The van der Waals surface area contributed by atoms with E-state index < -0.39 is 0 Å². The van der Waals surface area contributed by atoms with Gasteiger partial charge in [-0.1, -0.05) is 19.8 Å². The summed E-state index contributed by atoms with van der Waals surface area (Å²) in [5.41, 5.74) is 0.303. The molecule has 1 heterocycles. The molecule has 1 unspecified atom stereocenters. The van der Waals surface area contributed by atoms with Crippen molar-refractivity contribution in [3.63, 3.8) is 0 Å². The van der Waals surface area contributed by atoms with Crippen LogP contribution in [0.1, 0.15) is 53.4 Å². The first-order valence-electron chi connectivity index (χ1n) is 5.69. The van der Waals surface area contributed by atoms with Crippen LogP contribution in [0, 0.1) is 5.41 Å².